The number of anilines is 1. The van der Waals surface area contributed by atoms with Crippen molar-refractivity contribution in [2.45, 2.75) is 0 Å². The number of rotatable bonds is 6. The van der Waals surface area contributed by atoms with Crippen molar-refractivity contribution in [3.8, 4) is 0 Å². The lowest BCUT2D eigenvalue weighted by Gasteiger charge is -2.06. The van der Waals surface area contributed by atoms with Gasteiger partial charge in [-0.2, -0.15) is 0 Å². The van der Waals surface area contributed by atoms with Crippen molar-refractivity contribution >= 4 is 38.3 Å². The Balaban J connectivity index is 2.27. The van der Waals surface area contributed by atoms with Crippen molar-refractivity contribution in [2.24, 2.45) is 0 Å². The van der Waals surface area contributed by atoms with Gasteiger partial charge in [0.1, 0.15) is 0 Å². The summed E-state index contributed by atoms with van der Waals surface area (Å²) in [5.41, 5.74) is 0.755. The average Bonchev–Trinajstić information content (AvgIpc) is 2.24. The molecule has 1 atom stereocenters. The molecular formula is C11H15BrN2O2S. The van der Waals surface area contributed by atoms with Gasteiger partial charge in [0.2, 0.25) is 5.91 Å². The zero-order valence-corrected chi connectivity index (χ0v) is 11.9. The Morgan fingerprint density at radius 2 is 2.24 bits per heavy atom. The maximum absolute atomic E-state index is 11.5. The zero-order valence-electron chi connectivity index (χ0n) is 9.53. The fraction of sp³-hybridized carbons (Fsp3) is 0.364. The molecule has 1 rings (SSSR count). The van der Waals surface area contributed by atoms with E-state index in [1.54, 1.807) is 6.26 Å². The smallest absolute Gasteiger partial charge is 0.238 e. The Bertz CT molecular complexity index is 412. The molecule has 0 spiro atoms. The van der Waals surface area contributed by atoms with Gasteiger partial charge in [-0.25, -0.2) is 0 Å². The number of amides is 1. The van der Waals surface area contributed by atoms with Crippen LogP contribution in [0.2, 0.25) is 0 Å². The highest BCUT2D eigenvalue weighted by Crippen LogP contribution is 2.15. The summed E-state index contributed by atoms with van der Waals surface area (Å²) in [5, 5.41) is 5.70. The molecule has 0 bridgehead atoms. The molecule has 0 saturated carbocycles. The van der Waals surface area contributed by atoms with Gasteiger partial charge in [-0.3, -0.25) is 9.00 Å². The first-order valence-electron chi connectivity index (χ1n) is 5.14. The monoisotopic (exact) mass is 318 g/mol. The quantitative estimate of drug-likeness (QED) is 0.779. The standard InChI is InChI=1S/C11H15BrN2O2S/c1-17(16)6-5-13-8-11(15)14-10-4-2-3-9(12)7-10/h2-4,7,13H,5-6,8H2,1H3,(H,14,15). The second-order valence-electron chi connectivity index (χ2n) is 3.51. The Morgan fingerprint density at radius 1 is 1.47 bits per heavy atom. The predicted octanol–water partition coefficient (Wildman–Crippen LogP) is 1.36. The third-order valence-corrected chi connectivity index (χ3v) is 3.23. The van der Waals surface area contributed by atoms with Gasteiger partial charge in [0, 0.05) is 39.5 Å². The van der Waals surface area contributed by atoms with Crippen molar-refractivity contribution in [1.29, 1.82) is 0 Å². The molecule has 0 aliphatic carbocycles. The molecule has 0 aliphatic rings. The molecule has 0 aliphatic heterocycles. The lowest BCUT2D eigenvalue weighted by molar-refractivity contribution is -0.115. The van der Waals surface area contributed by atoms with Gasteiger partial charge >= 0.3 is 0 Å². The average molecular weight is 319 g/mol. The molecule has 0 heterocycles. The Hall–Kier alpha value is -0.720. The lowest BCUT2D eigenvalue weighted by Crippen LogP contribution is -2.30. The lowest BCUT2D eigenvalue weighted by atomic mass is 10.3. The summed E-state index contributed by atoms with van der Waals surface area (Å²) in [6, 6.07) is 7.40. The predicted molar refractivity (Wildman–Crippen MR) is 74.6 cm³/mol. The maximum Gasteiger partial charge on any atom is 0.238 e. The van der Waals surface area contributed by atoms with Gasteiger partial charge in [0.15, 0.2) is 0 Å². The van der Waals surface area contributed by atoms with Crippen LogP contribution < -0.4 is 10.6 Å². The van der Waals surface area contributed by atoms with Crippen LogP contribution in [-0.4, -0.2) is 35.2 Å². The summed E-state index contributed by atoms with van der Waals surface area (Å²) in [4.78, 5) is 11.5. The number of carbonyl (C=O) groups is 1. The summed E-state index contributed by atoms with van der Waals surface area (Å²) in [6.45, 7) is 0.804. The van der Waals surface area contributed by atoms with Crippen LogP contribution in [0, 0.1) is 0 Å². The van der Waals surface area contributed by atoms with Gasteiger partial charge in [-0.05, 0) is 18.2 Å². The van der Waals surface area contributed by atoms with Gasteiger partial charge < -0.3 is 10.6 Å². The van der Waals surface area contributed by atoms with Crippen molar-refractivity contribution in [3.63, 3.8) is 0 Å². The van der Waals surface area contributed by atoms with E-state index in [0.717, 1.165) is 10.2 Å². The Labute approximate surface area is 112 Å². The highest BCUT2D eigenvalue weighted by Gasteiger charge is 2.02. The molecule has 2 N–H and O–H groups in total. The summed E-state index contributed by atoms with van der Waals surface area (Å²) >= 11 is 3.33. The zero-order chi connectivity index (χ0) is 12.7. The van der Waals surface area contributed by atoms with Gasteiger partial charge in [0.05, 0.1) is 6.54 Å². The molecule has 1 unspecified atom stereocenters. The van der Waals surface area contributed by atoms with Gasteiger partial charge in [0.25, 0.3) is 0 Å². The first-order chi connectivity index (χ1) is 8.08. The number of hydrogen-bond acceptors (Lipinski definition) is 3. The molecule has 1 aromatic carbocycles. The summed E-state index contributed by atoms with van der Waals surface area (Å²) in [7, 11) is -0.822. The molecule has 4 nitrogen and oxygen atoms in total. The van der Waals surface area contributed by atoms with Crippen LogP contribution in [0.15, 0.2) is 28.7 Å². The van der Waals surface area contributed by atoms with Crippen LogP contribution >= 0.6 is 15.9 Å². The fourth-order valence-electron chi connectivity index (χ4n) is 1.19. The van der Waals surface area contributed by atoms with E-state index >= 15 is 0 Å². The summed E-state index contributed by atoms with van der Waals surface area (Å²) < 4.78 is 11.7. The Morgan fingerprint density at radius 3 is 2.88 bits per heavy atom. The molecule has 1 amide bonds. The second kappa shape index (κ2) is 7.58. The SMILES string of the molecule is CS(=O)CCNCC(=O)Nc1cccc(Br)c1. The number of nitrogens with one attached hydrogen (secondary N) is 2. The molecule has 6 heteroatoms. The largest absolute Gasteiger partial charge is 0.325 e. The van der Waals surface area contributed by atoms with E-state index in [2.05, 4.69) is 26.6 Å². The van der Waals surface area contributed by atoms with Gasteiger partial charge in [-0.1, -0.05) is 22.0 Å². The number of benzene rings is 1. The van der Waals surface area contributed by atoms with Crippen molar-refractivity contribution < 1.29 is 9.00 Å². The molecule has 1 aromatic rings. The number of carbonyl (C=O) groups excluding carboxylic acids is 1. The third kappa shape index (κ3) is 6.55. The van der Waals surface area contributed by atoms with E-state index in [9.17, 15) is 9.00 Å². The van der Waals surface area contributed by atoms with Crippen molar-refractivity contribution in [2.75, 3.05) is 30.4 Å². The summed E-state index contributed by atoms with van der Waals surface area (Å²) in [6.07, 6.45) is 1.64. The normalized spacial score (nSPS) is 12.1. The van der Waals surface area contributed by atoms with Crippen molar-refractivity contribution in [1.82, 2.24) is 5.32 Å². The van der Waals surface area contributed by atoms with E-state index < -0.39 is 10.8 Å². The minimum absolute atomic E-state index is 0.106. The molecule has 0 fully saturated rings. The van der Waals surface area contributed by atoms with Crippen molar-refractivity contribution in [3.05, 3.63) is 28.7 Å². The molecule has 0 radical (unpaired) electrons. The third-order valence-electron chi connectivity index (χ3n) is 1.96. The first kappa shape index (κ1) is 14.3. The van der Waals surface area contributed by atoms with Crippen LogP contribution in [0.3, 0.4) is 0 Å². The highest BCUT2D eigenvalue weighted by molar-refractivity contribution is 9.10. The minimum Gasteiger partial charge on any atom is -0.325 e. The van der Waals surface area contributed by atoms with Gasteiger partial charge in [-0.15, -0.1) is 0 Å². The van der Waals surface area contributed by atoms with Crippen LogP contribution in [-0.2, 0) is 15.6 Å². The molecule has 0 aromatic heterocycles. The topological polar surface area (TPSA) is 58.2 Å². The van der Waals surface area contributed by atoms with Crippen LogP contribution in [0.5, 0.6) is 0 Å². The van der Waals surface area contributed by atoms with Crippen LogP contribution in [0.1, 0.15) is 0 Å². The minimum atomic E-state index is -0.822. The molecule has 94 valence electrons. The maximum atomic E-state index is 11.5. The molecular weight excluding hydrogens is 304 g/mol. The molecule has 0 saturated heterocycles. The van der Waals surface area contributed by atoms with E-state index in [-0.39, 0.29) is 12.5 Å². The number of halogens is 1. The first-order valence-corrected chi connectivity index (χ1v) is 7.66. The van der Waals surface area contributed by atoms with Crippen LogP contribution in [0.4, 0.5) is 5.69 Å². The van der Waals surface area contributed by atoms with E-state index in [1.807, 2.05) is 24.3 Å². The fourth-order valence-corrected chi connectivity index (χ4v) is 2.02. The van der Waals surface area contributed by atoms with Crippen LogP contribution in [0.25, 0.3) is 0 Å². The summed E-state index contributed by atoms with van der Waals surface area (Å²) in [5.74, 6) is 0.453. The second-order valence-corrected chi connectivity index (χ2v) is 5.98. The highest BCUT2D eigenvalue weighted by atomic mass is 79.9. The molecule has 17 heavy (non-hydrogen) atoms. The van der Waals surface area contributed by atoms with E-state index in [0.29, 0.717) is 12.3 Å². The van der Waals surface area contributed by atoms with E-state index in [4.69, 9.17) is 0 Å². The Kier molecular flexibility index (Phi) is 6.39. The number of hydrogen-bond donors (Lipinski definition) is 2. The van der Waals surface area contributed by atoms with E-state index in [1.165, 1.54) is 0 Å².